The zero-order valence-electron chi connectivity index (χ0n) is 35.6. The molecule has 6 radical (unpaired) electrons. The standard InChI is InChI=1S/C7H8O.3C6H6.3C2H6O.6C2H6.CH4.2B/c1-8-7-5-3-2-4-6-7;3*1-2-4-6-5-3-1;3*1-3-2;6*1-2;;;/h2-6H,1H3;3*1-6H;3*1-2H3;6*1-2H3;1H4;;. The highest BCUT2D eigenvalue weighted by Crippen LogP contribution is 2.05. The first kappa shape index (κ1) is 81.0. The van der Waals surface area contributed by atoms with Gasteiger partial charge in [0.25, 0.3) is 0 Å². The van der Waals surface area contributed by atoms with Crippen molar-refractivity contribution in [2.75, 3.05) is 49.8 Å². The van der Waals surface area contributed by atoms with Crippen LogP contribution in [-0.2, 0) is 14.2 Å². The number of hydrogen-bond acceptors (Lipinski definition) is 4. The van der Waals surface area contributed by atoms with E-state index in [0.29, 0.717) is 0 Å². The van der Waals surface area contributed by atoms with E-state index in [-0.39, 0.29) is 24.3 Å². The van der Waals surface area contributed by atoms with E-state index in [4.69, 9.17) is 4.74 Å². The molecule has 0 saturated heterocycles. The van der Waals surface area contributed by atoms with E-state index in [1.54, 1.807) is 49.8 Å². The SMILES string of the molecule is C.CC.CC.CC.CC.CC.CC.COC.COC.COC.COc1ccccc1.[B].[B].c1ccccc1.c1ccccc1.c1ccccc1. The maximum Gasteiger partial charge on any atom is 0.118 e. The van der Waals surface area contributed by atoms with Gasteiger partial charge in [-0.2, -0.15) is 0 Å². The summed E-state index contributed by atoms with van der Waals surface area (Å²) in [5.74, 6) is 0.910. The van der Waals surface area contributed by atoms with Gasteiger partial charge in [-0.3, -0.25) is 0 Å². The molecule has 290 valence electrons. The van der Waals surface area contributed by atoms with Crippen molar-refractivity contribution >= 4 is 16.8 Å². The molecule has 4 rings (SSSR count). The number of benzene rings is 4. The molecule has 6 heteroatoms. The highest BCUT2D eigenvalue weighted by Gasteiger charge is 1.80. The third-order valence-corrected chi connectivity index (χ3v) is 2.98. The second-order valence-electron chi connectivity index (χ2n) is 6.21. The summed E-state index contributed by atoms with van der Waals surface area (Å²) in [5, 5.41) is 0. The lowest BCUT2D eigenvalue weighted by Crippen LogP contribution is -1.78. The highest BCUT2D eigenvalue weighted by atomic mass is 16.5. The van der Waals surface area contributed by atoms with Gasteiger partial charge in [0.15, 0.2) is 0 Å². The van der Waals surface area contributed by atoms with Crippen molar-refractivity contribution in [2.24, 2.45) is 0 Å². The molecule has 0 atom stereocenters. The second kappa shape index (κ2) is 128. The summed E-state index contributed by atoms with van der Waals surface area (Å²) >= 11 is 0. The molecule has 50 heavy (non-hydrogen) atoms. The van der Waals surface area contributed by atoms with Crippen LogP contribution in [0, 0.1) is 0 Å². The van der Waals surface area contributed by atoms with Gasteiger partial charge in [0.05, 0.1) is 7.11 Å². The summed E-state index contributed by atoms with van der Waals surface area (Å²) in [6.45, 7) is 24.0. The number of hydrogen-bond donors (Lipinski definition) is 0. The van der Waals surface area contributed by atoms with Crippen molar-refractivity contribution in [3.05, 3.63) is 140 Å². The van der Waals surface area contributed by atoms with Crippen LogP contribution in [0.15, 0.2) is 140 Å². The number of methoxy groups -OCH3 is 4. The van der Waals surface area contributed by atoms with Crippen molar-refractivity contribution in [1.29, 1.82) is 0 Å². The molecule has 0 aliphatic heterocycles. The Morgan fingerprint density at radius 1 is 0.260 bits per heavy atom. The van der Waals surface area contributed by atoms with Crippen LogP contribution in [0.25, 0.3) is 0 Å². The molecule has 0 heterocycles. The summed E-state index contributed by atoms with van der Waals surface area (Å²) in [4.78, 5) is 0. The van der Waals surface area contributed by atoms with Gasteiger partial charge in [-0.15, -0.1) is 0 Å². The van der Waals surface area contributed by atoms with Gasteiger partial charge in [-0.05, 0) is 12.1 Å². The molecule has 0 aliphatic rings. The van der Waals surface area contributed by atoms with E-state index in [1.807, 2.05) is 223 Å². The maximum absolute atomic E-state index is 4.91. The lowest BCUT2D eigenvalue weighted by Gasteiger charge is -1.93. The Hall–Kier alpha value is -3.31. The first-order valence-electron chi connectivity index (χ1n) is 17.0. The highest BCUT2D eigenvalue weighted by molar-refractivity contribution is 5.76. The van der Waals surface area contributed by atoms with E-state index < -0.39 is 0 Å². The van der Waals surface area contributed by atoms with Crippen molar-refractivity contribution in [3.63, 3.8) is 0 Å². The normalized spacial score (nSPS) is 6.06. The van der Waals surface area contributed by atoms with Gasteiger partial charge in [0, 0.05) is 59.5 Å². The van der Waals surface area contributed by atoms with Crippen LogP contribution in [0.4, 0.5) is 0 Å². The summed E-state index contributed by atoms with van der Waals surface area (Å²) in [7, 11) is 11.4. The zero-order chi connectivity index (χ0) is 38.7. The first-order valence-corrected chi connectivity index (χ1v) is 17.0. The van der Waals surface area contributed by atoms with Gasteiger partial charge in [0.1, 0.15) is 5.75 Å². The summed E-state index contributed by atoms with van der Waals surface area (Å²) < 4.78 is 17.7. The number of rotatable bonds is 1. The minimum absolute atomic E-state index is 0. The molecule has 0 aliphatic carbocycles. The van der Waals surface area contributed by atoms with Crippen molar-refractivity contribution in [2.45, 2.75) is 90.5 Å². The predicted molar refractivity (Wildman–Crippen MR) is 237 cm³/mol. The molecule has 4 aromatic rings. The minimum atomic E-state index is 0. The Kier molecular flexibility index (Phi) is 208. The largest absolute Gasteiger partial charge is 0.497 e. The molecule has 0 amide bonds. The Labute approximate surface area is 320 Å². The van der Waals surface area contributed by atoms with E-state index in [1.165, 1.54) is 0 Å². The third-order valence-electron chi connectivity index (χ3n) is 2.98. The molecule has 0 spiro atoms. The fraction of sp³-hybridized carbons (Fsp3) is 0.455. The average molecular weight is 699 g/mol. The number of ether oxygens (including phenoxy) is 4. The molecule has 4 aromatic carbocycles. The Morgan fingerprint density at radius 3 is 0.440 bits per heavy atom. The molecule has 4 nitrogen and oxygen atoms in total. The Bertz CT molecular complexity index is 622. The van der Waals surface area contributed by atoms with Gasteiger partial charge < -0.3 is 18.9 Å². The topological polar surface area (TPSA) is 36.9 Å². The molecular formula is C44H84B2O4. The van der Waals surface area contributed by atoms with Crippen LogP contribution in [0.2, 0.25) is 0 Å². The average Bonchev–Trinajstić information content (AvgIpc) is 3.20. The van der Waals surface area contributed by atoms with Crippen LogP contribution < -0.4 is 4.74 Å². The van der Waals surface area contributed by atoms with Crippen LogP contribution in [0.3, 0.4) is 0 Å². The number of para-hydroxylation sites is 1. The van der Waals surface area contributed by atoms with Crippen molar-refractivity contribution in [1.82, 2.24) is 0 Å². The van der Waals surface area contributed by atoms with Gasteiger partial charge in [-0.25, -0.2) is 0 Å². The molecular weight excluding hydrogens is 614 g/mol. The molecule has 0 saturated carbocycles. The summed E-state index contributed by atoms with van der Waals surface area (Å²) in [6, 6.07) is 45.7. The first-order chi connectivity index (χ1) is 23.2. The second-order valence-corrected chi connectivity index (χ2v) is 6.21. The van der Waals surface area contributed by atoms with E-state index >= 15 is 0 Å². The Balaban J connectivity index is -0.0000000324. The lowest BCUT2D eigenvalue weighted by atomic mass is 10.3. The van der Waals surface area contributed by atoms with Crippen LogP contribution in [0.5, 0.6) is 5.75 Å². The molecule has 0 aromatic heterocycles. The van der Waals surface area contributed by atoms with Crippen LogP contribution >= 0.6 is 0 Å². The van der Waals surface area contributed by atoms with Gasteiger partial charge >= 0.3 is 0 Å². The fourth-order valence-corrected chi connectivity index (χ4v) is 1.71. The predicted octanol–water partition coefficient (Wildman–Crippen LogP) is 13.6. The van der Waals surface area contributed by atoms with Crippen molar-refractivity contribution < 1.29 is 18.9 Å². The molecule has 0 unspecified atom stereocenters. The molecule has 0 bridgehead atoms. The fourth-order valence-electron chi connectivity index (χ4n) is 1.71. The van der Waals surface area contributed by atoms with E-state index in [9.17, 15) is 0 Å². The smallest absolute Gasteiger partial charge is 0.118 e. The van der Waals surface area contributed by atoms with Crippen molar-refractivity contribution in [3.8, 4) is 5.75 Å². The lowest BCUT2D eigenvalue weighted by molar-refractivity contribution is 0.277. The Morgan fingerprint density at radius 2 is 0.360 bits per heavy atom. The minimum Gasteiger partial charge on any atom is -0.497 e. The van der Waals surface area contributed by atoms with Crippen LogP contribution in [0.1, 0.15) is 90.5 Å². The zero-order valence-corrected chi connectivity index (χ0v) is 35.6. The molecule has 0 fully saturated rings. The van der Waals surface area contributed by atoms with Gasteiger partial charge in [0.2, 0.25) is 0 Å². The summed E-state index contributed by atoms with van der Waals surface area (Å²) in [5.41, 5.74) is 0. The quantitative estimate of drug-likeness (QED) is 0.185. The van der Waals surface area contributed by atoms with Gasteiger partial charge in [-0.1, -0.05) is 218 Å². The monoisotopic (exact) mass is 699 g/mol. The summed E-state index contributed by atoms with van der Waals surface area (Å²) in [6.07, 6.45) is 0. The maximum atomic E-state index is 4.91. The van der Waals surface area contributed by atoms with Crippen LogP contribution in [-0.4, -0.2) is 66.6 Å². The molecule has 0 N–H and O–H groups in total. The van der Waals surface area contributed by atoms with E-state index in [2.05, 4.69) is 14.2 Å². The third kappa shape index (κ3) is 140. The van der Waals surface area contributed by atoms with E-state index in [0.717, 1.165) is 5.75 Å².